The van der Waals surface area contributed by atoms with Gasteiger partial charge in [0.15, 0.2) is 5.79 Å². The Hall–Kier alpha value is -0.610. The maximum atomic E-state index is 12.1. The van der Waals surface area contributed by atoms with E-state index in [1.807, 2.05) is 48.5 Å². The summed E-state index contributed by atoms with van der Waals surface area (Å²) < 4.78 is 16.4. The summed E-state index contributed by atoms with van der Waals surface area (Å²) in [5.41, 5.74) is -0.668. The molecule has 1 aliphatic heterocycles. The van der Waals surface area contributed by atoms with Crippen LogP contribution in [0.5, 0.6) is 0 Å². The van der Waals surface area contributed by atoms with Crippen molar-refractivity contribution in [3.8, 4) is 0 Å². The standard InChI is InChI=1S/C14H26O4/c1-12(2,3)13(4,5)11(15)16-8-10-9-17-14(6,7)18-10/h10H,8-9H2,1-7H3. The second kappa shape index (κ2) is 4.82. The Balaban J connectivity index is 2.48. The Morgan fingerprint density at radius 3 is 2.22 bits per heavy atom. The molecule has 4 nitrogen and oxygen atoms in total. The Morgan fingerprint density at radius 1 is 1.28 bits per heavy atom. The minimum atomic E-state index is -0.573. The summed E-state index contributed by atoms with van der Waals surface area (Å²) in [5, 5.41) is 0. The van der Waals surface area contributed by atoms with Gasteiger partial charge in [-0.25, -0.2) is 0 Å². The summed E-state index contributed by atoms with van der Waals surface area (Å²) in [6.07, 6.45) is -0.167. The summed E-state index contributed by atoms with van der Waals surface area (Å²) in [4.78, 5) is 12.1. The lowest BCUT2D eigenvalue weighted by molar-refractivity contribution is -0.170. The molecule has 0 saturated carbocycles. The van der Waals surface area contributed by atoms with Gasteiger partial charge in [-0.15, -0.1) is 0 Å². The molecule has 1 fully saturated rings. The zero-order valence-electron chi connectivity index (χ0n) is 12.6. The van der Waals surface area contributed by atoms with Gasteiger partial charge < -0.3 is 14.2 Å². The van der Waals surface area contributed by atoms with E-state index in [2.05, 4.69) is 0 Å². The molecule has 0 amide bonds. The highest BCUT2D eigenvalue weighted by molar-refractivity contribution is 5.76. The smallest absolute Gasteiger partial charge is 0.312 e. The summed E-state index contributed by atoms with van der Waals surface area (Å²) >= 11 is 0. The molecule has 0 aromatic carbocycles. The maximum absolute atomic E-state index is 12.1. The quantitative estimate of drug-likeness (QED) is 0.730. The molecule has 1 atom stereocenters. The first-order valence-electron chi connectivity index (χ1n) is 6.45. The molecular formula is C14H26O4. The van der Waals surface area contributed by atoms with Crippen molar-refractivity contribution in [2.75, 3.05) is 13.2 Å². The van der Waals surface area contributed by atoms with Gasteiger partial charge in [-0.2, -0.15) is 0 Å². The first-order valence-corrected chi connectivity index (χ1v) is 6.45. The first-order chi connectivity index (χ1) is 7.96. The van der Waals surface area contributed by atoms with Crippen LogP contribution in [0.2, 0.25) is 0 Å². The van der Waals surface area contributed by atoms with Crippen LogP contribution in [0.4, 0.5) is 0 Å². The van der Waals surface area contributed by atoms with Gasteiger partial charge in [0.2, 0.25) is 0 Å². The lowest BCUT2D eigenvalue weighted by Crippen LogP contribution is -2.40. The van der Waals surface area contributed by atoms with E-state index in [0.29, 0.717) is 6.61 Å². The van der Waals surface area contributed by atoms with Crippen molar-refractivity contribution in [3.05, 3.63) is 0 Å². The molecule has 0 aliphatic carbocycles. The van der Waals surface area contributed by atoms with Gasteiger partial charge in [-0.1, -0.05) is 20.8 Å². The number of hydrogen-bond donors (Lipinski definition) is 0. The minimum absolute atomic E-state index is 0.142. The van der Waals surface area contributed by atoms with Crippen molar-refractivity contribution in [1.82, 2.24) is 0 Å². The van der Waals surface area contributed by atoms with Gasteiger partial charge in [0.1, 0.15) is 12.7 Å². The van der Waals surface area contributed by atoms with E-state index in [4.69, 9.17) is 14.2 Å². The molecule has 4 heteroatoms. The maximum Gasteiger partial charge on any atom is 0.312 e. The van der Waals surface area contributed by atoms with Crippen LogP contribution in [-0.2, 0) is 19.0 Å². The summed E-state index contributed by atoms with van der Waals surface area (Å²) in [6, 6.07) is 0. The molecule has 18 heavy (non-hydrogen) atoms. The van der Waals surface area contributed by atoms with Crippen LogP contribution in [0.3, 0.4) is 0 Å². The highest BCUT2D eigenvalue weighted by Gasteiger charge is 2.42. The van der Waals surface area contributed by atoms with Crippen LogP contribution in [0.25, 0.3) is 0 Å². The van der Waals surface area contributed by atoms with E-state index in [9.17, 15) is 4.79 Å². The average Bonchev–Trinajstić information content (AvgIpc) is 2.52. The SMILES string of the molecule is CC1(C)OCC(COC(=O)C(C)(C)C(C)(C)C)O1. The third-order valence-electron chi connectivity index (χ3n) is 3.85. The Kier molecular flexibility index (Phi) is 4.13. The molecule has 0 spiro atoms. The van der Waals surface area contributed by atoms with Crippen molar-refractivity contribution in [1.29, 1.82) is 0 Å². The van der Waals surface area contributed by atoms with Crippen LogP contribution >= 0.6 is 0 Å². The molecule has 0 aromatic rings. The van der Waals surface area contributed by atoms with E-state index < -0.39 is 11.2 Å². The van der Waals surface area contributed by atoms with E-state index in [1.54, 1.807) is 0 Å². The first kappa shape index (κ1) is 15.4. The Labute approximate surface area is 110 Å². The highest BCUT2D eigenvalue weighted by Crippen LogP contribution is 2.39. The van der Waals surface area contributed by atoms with Crippen molar-refractivity contribution in [3.63, 3.8) is 0 Å². The molecule has 1 aliphatic rings. The number of esters is 1. The molecule has 1 rings (SSSR count). The average molecular weight is 258 g/mol. The predicted molar refractivity (Wildman–Crippen MR) is 69.1 cm³/mol. The fraction of sp³-hybridized carbons (Fsp3) is 0.929. The van der Waals surface area contributed by atoms with Gasteiger partial charge in [-0.3, -0.25) is 4.79 Å². The zero-order valence-corrected chi connectivity index (χ0v) is 12.6. The fourth-order valence-corrected chi connectivity index (χ4v) is 1.50. The van der Waals surface area contributed by atoms with Crippen LogP contribution in [-0.4, -0.2) is 31.1 Å². The minimum Gasteiger partial charge on any atom is -0.462 e. The van der Waals surface area contributed by atoms with Crippen molar-refractivity contribution in [2.24, 2.45) is 10.8 Å². The predicted octanol–water partition coefficient (Wildman–Crippen LogP) is 2.75. The molecular weight excluding hydrogens is 232 g/mol. The number of ether oxygens (including phenoxy) is 3. The zero-order chi connectivity index (χ0) is 14.2. The van der Waals surface area contributed by atoms with Gasteiger partial charge >= 0.3 is 5.97 Å². The molecule has 1 unspecified atom stereocenters. The molecule has 0 N–H and O–H groups in total. The fourth-order valence-electron chi connectivity index (χ4n) is 1.50. The van der Waals surface area contributed by atoms with Crippen molar-refractivity contribution in [2.45, 2.75) is 60.4 Å². The molecule has 0 radical (unpaired) electrons. The third kappa shape index (κ3) is 3.45. The summed E-state index contributed by atoms with van der Waals surface area (Å²) in [6.45, 7) is 14.3. The van der Waals surface area contributed by atoms with E-state index in [1.165, 1.54) is 0 Å². The number of hydrogen-bond acceptors (Lipinski definition) is 4. The lowest BCUT2D eigenvalue weighted by Gasteiger charge is -2.36. The molecule has 106 valence electrons. The topological polar surface area (TPSA) is 44.8 Å². The largest absolute Gasteiger partial charge is 0.462 e. The van der Waals surface area contributed by atoms with E-state index >= 15 is 0 Å². The monoisotopic (exact) mass is 258 g/mol. The van der Waals surface area contributed by atoms with Gasteiger partial charge in [0.25, 0.3) is 0 Å². The van der Waals surface area contributed by atoms with Crippen LogP contribution in [0.15, 0.2) is 0 Å². The Bertz CT molecular complexity index is 312. The number of rotatable bonds is 3. The Morgan fingerprint density at radius 2 is 1.83 bits per heavy atom. The van der Waals surface area contributed by atoms with Gasteiger partial charge in [0, 0.05) is 0 Å². The molecule has 1 saturated heterocycles. The number of carbonyl (C=O) groups is 1. The van der Waals surface area contributed by atoms with Crippen LogP contribution in [0, 0.1) is 10.8 Å². The van der Waals surface area contributed by atoms with Gasteiger partial charge in [-0.05, 0) is 33.1 Å². The van der Waals surface area contributed by atoms with E-state index in [0.717, 1.165) is 0 Å². The van der Waals surface area contributed by atoms with Crippen molar-refractivity contribution < 1.29 is 19.0 Å². The van der Waals surface area contributed by atoms with E-state index in [-0.39, 0.29) is 24.1 Å². The second-order valence-corrected chi connectivity index (χ2v) is 6.92. The number of carbonyl (C=O) groups excluding carboxylic acids is 1. The highest BCUT2D eigenvalue weighted by atomic mass is 16.7. The summed E-state index contributed by atoms with van der Waals surface area (Å²) in [7, 11) is 0. The molecule has 0 bridgehead atoms. The summed E-state index contributed by atoms with van der Waals surface area (Å²) in [5.74, 6) is -0.764. The third-order valence-corrected chi connectivity index (χ3v) is 3.85. The molecule has 1 heterocycles. The molecule has 0 aromatic heterocycles. The normalized spacial score (nSPS) is 24.1. The lowest BCUT2D eigenvalue weighted by atomic mass is 9.69. The van der Waals surface area contributed by atoms with Crippen molar-refractivity contribution >= 4 is 5.97 Å². The van der Waals surface area contributed by atoms with Crippen LogP contribution < -0.4 is 0 Å². The van der Waals surface area contributed by atoms with Crippen LogP contribution in [0.1, 0.15) is 48.5 Å². The second-order valence-electron chi connectivity index (χ2n) is 6.92. The van der Waals surface area contributed by atoms with Gasteiger partial charge in [0.05, 0.1) is 12.0 Å².